The van der Waals surface area contributed by atoms with Crippen LogP contribution in [0.25, 0.3) is 0 Å². The molecule has 1 aromatic rings. The van der Waals surface area contributed by atoms with E-state index in [2.05, 4.69) is 5.32 Å². The lowest BCUT2D eigenvalue weighted by molar-refractivity contribution is -0.317. The lowest BCUT2D eigenvalue weighted by Crippen LogP contribution is -2.48. The topological polar surface area (TPSA) is 110 Å². The minimum Gasteiger partial charge on any atom is -0.547 e. The lowest BCUT2D eigenvalue weighted by atomic mass is 10.2. The summed E-state index contributed by atoms with van der Waals surface area (Å²) in [5.41, 5.74) is 1.38. The van der Waals surface area contributed by atoms with E-state index in [0.29, 0.717) is 5.69 Å². The van der Waals surface area contributed by atoms with Crippen molar-refractivity contribution in [1.29, 1.82) is 0 Å². The fraction of sp³-hybridized carbons (Fsp3) is 0.273. The third-order valence-electron chi connectivity index (χ3n) is 2.13. The molecule has 0 aliphatic heterocycles. The fourth-order valence-corrected chi connectivity index (χ4v) is 1.13. The van der Waals surface area contributed by atoms with Crippen molar-refractivity contribution in [2.24, 2.45) is 0 Å². The molecule has 17 heavy (non-hydrogen) atoms. The first-order valence-corrected chi connectivity index (χ1v) is 4.86. The van der Waals surface area contributed by atoms with Gasteiger partial charge in [0.25, 0.3) is 5.91 Å². The zero-order valence-corrected chi connectivity index (χ0v) is 9.08. The average molecular weight is 238 g/mol. The first kappa shape index (κ1) is 13.1. The summed E-state index contributed by atoms with van der Waals surface area (Å²) in [6.07, 6.45) is -4.32. The summed E-state index contributed by atoms with van der Waals surface area (Å²) < 4.78 is 0. The molecule has 0 saturated heterocycles. The second kappa shape index (κ2) is 5.42. The van der Waals surface area contributed by atoms with Gasteiger partial charge in [-0.3, -0.25) is 4.79 Å². The van der Waals surface area contributed by atoms with Gasteiger partial charge in [0.2, 0.25) is 0 Å². The van der Waals surface area contributed by atoms with Crippen LogP contribution in [-0.4, -0.2) is 34.3 Å². The zero-order valence-electron chi connectivity index (χ0n) is 9.08. The molecule has 0 radical (unpaired) electrons. The van der Waals surface area contributed by atoms with E-state index in [1.807, 2.05) is 6.92 Å². The minimum atomic E-state index is -2.25. The van der Waals surface area contributed by atoms with E-state index in [4.69, 9.17) is 5.11 Å². The van der Waals surface area contributed by atoms with Crippen LogP contribution in [-0.2, 0) is 9.59 Å². The third kappa shape index (κ3) is 3.54. The van der Waals surface area contributed by atoms with Crippen LogP contribution < -0.4 is 10.4 Å². The molecule has 0 spiro atoms. The number of aryl methyl sites for hydroxylation is 1. The van der Waals surface area contributed by atoms with Gasteiger partial charge in [-0.15, -0.1) is 0 Å². The maximum Gasteiger partial charge on any atom is 0.256 e. The molecule has 0 heterocycles. The van der Waals surface area contributed by atoms with Crippen molar-refractivity contribution < 1.29 is 24.9 Å². The number of hydrogen-bond acceptors (Lipinski definition) is 5. The summed E-state index contributed by atoms with van der Waals surface area (Å²) in [6, 6.07) is 6.64. The number of carbonyl (C=O) groups excluding carboxylic acids is 2. The molecule has 0 saturated carbocycles. The van der Waals surface area contributed by atoms with Crippen molar-refractivity contribution in [2.75, 3.05) is 5.32 Å². The van der Waals surface area contributed by atoms with Crippen LogP contribution >= 0.6 is 0 Å². The number of carboxylic acids is 1. The Morgan fingerprint density at radius 2 is 1.71 bits per heavy atom. The Bertz CT molecular complexity index is 414. The summed E-state index contributed by atoms with van der Waals surface area (Å²) >= 11 is 0. The Hall–Kier alpha value is -1.92. The van der Waals surface area contributed by atoms with Crippen LogP contribution in [0.3, 0.4) is 0 Å². The van der Waals surface area contributed by atoms with E-state index in [1.54, 1.807) is 24.3 Å². The van der Waals surface area contributed by atoms with Crippen LogP contribution in [0, 0.1) is 6.92 Å². The number of aliphatic hydroxyl groups excluding tert-OH is 2. The molecule has 1 rings (SSSR count). The number of aliphatic carboxylic acids is 1. The van der Waals surface area contributed by atoms with Gasteiger partial charge < -0.3 is 25.4 Å². The van der Waals surface area contributed by atoms with Gasteiger partial charge in [-0.25, -0.2) is 0 Å². The highest BCUT2D eigenvalue weighted by atomic mass is 16.4. The number of amides is 1. The van der Waals surface area contributed by atoms with E-state index >= 15 is 0 Å². The van der Waals surface area contributed by atoms with Gasteiger partial charge in [0, 0.05) is 5.69 Å². The van der Waals surface area contributed by atoms with Crippen molar-refractivity contribution in [3.8, 4) is 0 Å². The second-order valence-corrected chi connectivity index (χ2v) is 3.56. The van der Waals surface area contributed by atoms with Crippen molar-refractivity contribution in [3.63, 3.8) is 0 Å². The van der Waals surface area contributed by atoms with Crippen molar-refractivity contribution in [2.45, 2.75) is 19.1 Å². The first-order valence-electron chi connectivity index (χ1n) is 4.86. The zero-order chi connectivity index (χ0) is 13.0. The smallest absolute Gasteiger partial charge is 0.256 e. The number of nitrogens with one attached hydrogen (secondary N) is 1. The fourth-order valence-electron chi connectivity index (χ4n) is 1.13. The minimum absolute atomic E-state index is 0.394. The predicted molar refractivity (Wildman–Crippen MR) is 56.8 cm³/mol. The van der Waals surface area contributed by atoms with Gasteiger partial charge in [0.15, 0.2) is 6.10 Å². The number of aliphatic hydroxyl groups is 2. The van der Waals surface area contributed by atoms with E-state index in [9.17, 15) is 19.8 Å². The molecule has 6 nitrogen and oxygen atoms in total. The van der Waals surface area contributed by atoms with Gasteiger partial charge in [0.05, 0.1) is 5.97 Å². The van der Waals surface area contributed by atoms with Crippen molar-refractivity contribution >= 4 is 17.6 Å². The Balaban J connectivity index is 2.66. The number of rotatable bonds is 4. The highest BCUT2D eigenvalue weighted by molar-refractivity contribution is 5.97. The molecule has 1 amide bonds. The molecular formula is C11H12NO5-. The predicted octanol–water partition coefficient (Wildman–Crippen LogP) is -1.59. The molecule has 0 unspecified atom stereocenters. The van der Waals surface area contributed by atoms with E-state index in [-0.39, 0.29) is 0 Å². The average Bonchev–Trinajstić information content (AvgIpc) is 2.30. The van der Waals surface area contributed by atoms with Crippen LogP contribution in [0.2, 0.25) is 0 Å². The van der Waals surface area contributed by atoms with E-state index in [0.717, 1.165) is 5.56 Å². The maximum atomic E-state index is 11.3. The normalized spacial score (nSPS) is 13.8. The van der Waals surface area contributed by atoms with Crippen LogP contribution in [0.1, 0.15) is 5.56 Å². The highest BCUT2D eigenvalue weighted by Crippen LogP contribution is 2.09. The quantitative estimate of drug-likeness (QED) is 0.585. The lowest BCUT2D eigenvalue weighted by Gasteiger charge is -2.17. The van der Waals surface area contributed by atoms with Gasteiger partial charge in [-0.1, -0.05) is 17.7 Å². The Kier molecular flexibility index (Phi) is 4.19. The number of anilines is 1. The number of carbonyl (C=O) groups is 2. The molecule has 2 atom stereocenters. The molecule has 0 fully saturated rings. The Morgan fingerprint density at radius 3 is 2.18 bits per heavy atom. The van der Waals surface area contributed by atoms with Crippen LogP contribution in [0.15, 0.2) is 24.3 Å². The highest BCUT2D eigenvalue weighted by Gasteiger charge is 2.25. The largest absolute Gasteiger partial charge is 0.547 e. The molecule has 0 bridgehead atoms. The summed E-state index contributed by atoms with van der Waals surface area (Å²) in [5.74, 6) is -2.91. The molecular weight excluding hydrogens is 226 g/mol. The molecule has 92 valence electrons. The Labute approximate surface area is 97.5 Å². The standard InChI is InChI=1S/C11H13NO5/c1-6-2-4-7(5-3-6)12-10(15)8(13)9(14)11(16)17/h2-5,8-9,13-14H,1H3,(H,12,15)(H,16,17)/p-1/t8-,9-/m0/s1. The monoisotopic (exact) mass is 238 g/mol. The molecule has 0 aliphatic carbocycles. The molecule has 0 aromatic heterocycles. The number of carboxylic acid groups (broad SMARTS) is 1. The van der Waals surface area contributed by atoms with Crippen LogP contribution in [0.5, 0.6) is 0 Å². The van der Waals surface area contributed by atoms with E-state index < -0.39 is 24.1 Å². The van der Waals surface area contributed by atoms with E-state index in [1.165, 1.54) is 0 Å². The molecule has 6 heteroatoms. The van der Waals surface area contributed by atoms with Crippen molar-refractivity contribution in [3.05, 3.63) is 29.8 Å². The van der Waals surface area contributed by atoms with Gasteiger partial charge in [-0.05, 0) is 19.1 Å². The third-order valence-corrected chi connectivity index (χ3v) is 2.13. The molecule has 0 aliphatic rings. The van der Waals surface area contributed by atoms with Gasteiger partial charge >= 0.3 is 0 Å². The first-order chi connectivity index (χ1) is 7.91. The summed E-state index contributed by atoms with van der Waals surface area (Å²) in [7, 11) is 0. The van der Waals surface area contributed by atoms with Crippen LogP contribution in [0.4, 0.5) is 5.69 Å². The summed E-state index contributed by atoms with van der Waals surface area (Å²) in [4.78, 5) is 21.6. The molecule has 1 aromatic carbocycles. The second-order valence-electron chi connectivity index (χ2n) is 3.56. The summed E-state index contributed by atoms with van der Waals surface area (Å²) in [6.45, 7) is 1.86. The number of benzene rings is 1. The van der Waals surface area contributed by atoms with Gasteiger partial charge in [-0.2, -0.15) is 0 Å². The SMILES string of the molecule is Cc1ccc(NC(=O)[C@@H](O)[C@H](O)C(=O)[O-])cc1. The van der Waals surface area contributed by atoms with Crippen molar-refractivity contribution in [1.82, 2.24) is 0 Å². The Morgan fingerprint density at radius 1 is 1.18 bits per heavy atom. The van der Waals surface area contributed by atoms with Gasteiger partial charge in [0.1, 0.15) is 6.10 Å². The molecule has 3 N–H and O–H groups in total. The summed E-state index contributed by atoms with van der Waals surface area (Å²) in [5, 5.41) is 30.6. The number of hydrogen-bond donors (Lipinski definition) is 3. The maximum absolute atomic E-state index is 11.3.